The molecule has 0 saturated carbocycles. The quantitative estimate of drug-likeness (QED) is 0.695. The van der Waals surface area contributed by atoms with Crippen LogP contribution in [0.2, 0.25) is 0 Å². The molecule has 28 heavy (non-hydrogen) atoms. The number of hydrogen-bond donors (Lipinski definition) is 2. The fourth-order valence-corrected chi connectivity index (χ4v) is 3.74. The largest absolute Gasteiger partial charge is 0.439 e. The second-order valence-corrected chi connectivity index (χ2v) is 7.31. The standard InChI is InChI=1S/C24H24N2O2/c1-3-17-4-8-19(9-5-17)20-10-6-18(7-11-20)14-24(27)26-21-12-13-22-23(15-21)28-16(2)25-22/h3-5,8-10,12-13,15,18,25H,1-2,6-7,11,14H2,(H,26,27). The van der Waals surface area contributed by atoms with E-state index in [-0.39, 0.29) is 5.91 Å². The molecule has 1 amide bonds. The van der Waals surface area contributed by atoms with Crippen LogP contribution in [0.1, 0.15) is 36.8 Å². The molecular weight excluding hydrogens is 348 g/mol. The average Bonchev–Trinajstić information content (AvgIpc) is 3.08. The fourth-order valence-electron chi connectivity index (χ4n) is 3.74. The van der Waals surface area contributed by atoms with Crippen LogP contribution < -0.4 is 15.4 Å². The molecule has 0 spiro atoms. The number of rotatable bonds is 5. The van der Waals surface area contributed by atoms with E-state index >= 15 is 0 Å². The Bertz CT molecular complexity index is 957. The van der Waals surface area contributed by atoms with Gasteiger partial charge in [0.05, 0.1) is 5.69 Å². The molecule has 0 fully saturated rings. The first-order valence-electron chi connectivity index (χ1n) is 9.60. The Labute approximate surface area is 165 Å². The van der Waals surface area contributed by atoms with Crippen molar-refractivity contribution in [1.82, 2.24) is 0 Å². The average molecular weight is 372 g/mol. The van der Waals surface area contributed by atoms with E-state index in [1.165, 1.54) is 11.1 Å². The van der Waals surface area contributed by atoms with Gasteiger partial charge in [-0.2, -0.15) is 0 Å². The maximum Gasteiger partial charge on any atom is 0.224 e. The van der Waals surface area contributed by atoms with Crippen molar-refractivity contribution in [3.05, 3.63) is 78.7 Å². The maximum absolute atomic E-state index is 12.5. The number of ether oxygens (including phenoxy) is 1. The van der Waals surface area contributed by atoms with Crippen molar-refractivity contribution in [2.24, 2.45) is 5.92 Å². The molecule has 2 aromatic carbocycles. The van der Waals surface area contributed by atoms with E-state index in [4.69, 9.17) is 4.74 Å². The van der Waals surface area contributed by atoms with E-state index in [0.717, 1.165) is 36.2 Å². The van der Waals surface area contributed by atoms with Crippen molar-refractivity contribution in [2.45, 2.75) is 25.7 Å². The summed E-state index contributed by atoms with van der Waals surface area (Å²) < 4.78 is 5.48. The highest BCUT2D eigenvalue weighted by molar-refractivity contribution is 5.91. The third kappa shape index (κ3) is 4.01. The topological polar surface area (TPSA) is 50.4 Å². The maximum atomic E-state index is 12.5. The lowest BCUT2D eigenvalue weighted by Gasteiger charge is -2.22. The second kappa shape index (κ2) is 7.77. The summed E-state index contributed by atoms with van der Waals surface area (Å²) in [6, 6.07) is 14.1. The van der Waals surface area contributed by atoms with Crippen LogP contribution in [-0.4, -0.2) is 5.91 Å². The Hall–Kier alpha value is -3.27. The minimum Gasteiger partial charge on any atom is -0.439 e. The van der Waals surface area contributed by atoms with Gasteiger partial charge in [0.2, 0.25) is 5.91 Å². The summed E-state index contributed by atoms with van der Waals surface area (Å²) in [5.41, 5.74) is 5.38. The van der Waals surface area contributed by atoms with Crippen molar-refractivity contribution >= 4 is 28.9 Å². The molecule has 0 aromatic heterocycles. The van der Waals surface area contributed by atoms with Crippen LogP contribution in [0.3, 0.4) is 0 Å². The third-order valence-corrected chi connectivity index (χ3v) is 5.28. The molecule has 1 aliphatic heterocycles. The Kier molecular flexibility index (Phi) is 5.02. The number of carbonyl (C=O) groups excluding carboxylic acids is 1. The van der Waals surface area contributed by atoms with Crippen LogP contribution in [0.4, 0.5) is 11.4 Å². The van der Waals surface area contributed by atoms with E-state index in [0.29, 0.717) is 24.0 Å². The highest BCUT2D eigenvalue weighted by atomic mass is 16.5. The molecule has 4 nitrogen and oxygen atoms in total. The van der Waals surface area contributed by atoms with Gasteiger partial charge >= 0.3 is 0 Å². The molecule has 0 bridgehead atoms. The Balaban J connectivity index is 1.32. The number of benzene rings is 2. The van der Waals surface area contributed by atoms with Gasteiger partial charge in [-0.15, -0.1) is 0 Å². The number of carbonyl (C=O) groups is 1. The zero-order valence-corrected chi connectivity index (χ0v) is 15.8. The van der Waals surface area contributed by atoms with Crippen LogP contribution in [0.5, 0.6) is 5.75 Å². The molecule has 142 valence electrons. The summed E-state index contributed by atoms with van der Waals surface area (Å²) in [5, 5.41) is 6.01. The second-order valence-electron chi connectivity index (χ2n) is 7.31. The van der Waals surface area contributed by atoms with Crippen molar-refractivity contribution in [1.29, 1.82) is 0 Å². The molecule has 0 radical (unpaired) electrons. The molecule has 0 saturated heterocycles. The molecule has 1 heterocycles. The number of fused-ring (bicyclic) bond motifs is 1. The van der Waals surface area contributed by atoms with Crippen LogP contribution in [0, 0.1) is 5.92 Å². The summed E-state index contributed by atoms with van der Waals surface area (Å²) in [7, 11) is 0. The smallest absolute Gasteiger partial charge is 0.224 e. The SMILES string of the molecule is C=Cc1ccc(C2=CCC(CC(=O)Nc3ccc4c(c3)OC(=C)N4)CC2)cc1. The normalized spacial score (nSPS) is 17.8. The molecule has 1 atom stereocenters. The van der Waals surface area contributed by atoms with Crippen molar-refractivity contribution in [2.75, 3.05) is 10.6 Å². The van der Waals surface area contributed by atoms with E-state index in [9.17, 15) is 4.79 Å². The van der Waals surface area contributed by atoms with Gasteiger partial charge in [-0.1, -0.05) is 43.0 Å². The summed E-state index contributed by atoms with van der Waals surface area (Å²) in [5.74, 6) is 1.61. The summed E-state index contributed by atoms with van der Waals surface area (Å²) >= 11 is 0. The van der Waals surface area contributed by atoms with Crippen molar-refractivity contribution in [3.8, 4) is 5.75 Å². The molecule has 2 aliphatic rings. The lowest BCUT2D eigenvalue weighted by atomic mass is 9.84. The minimum absolute atomic E-state index is 0.0434. The molecule has 4 rings (SSSR count). The summed E-state index contributed by atoms with van der Waals surface area (Å²) in [4.78, 5) is 12.5. The zero-order chi connectivity index (χ0) is 19.5. The number of allylic oxidation sites excluding steroid dienone is 2. The van der Waals surface area contributed by atoms with E-state index in [2.05, 4.69) is 54.1 Å². The predicted octanol–water partition coefficient (Wildman–Crippen LogP) is 5.82. The van der Waals surface area contributed by atoms with Gasteiger partial charge in [0.15, 0.2) is 11.6 Å². The van der Waals surface area contributed by atoms with Crippen LogP contribution in [-0.2, 0) is 4.79 Å². The van der Waals surface area contributed by atoms with Gasteiger partial charge in [-0.3, -0.25) is 4.79 Å². The molecule has 1 aliphatic carbocycles. The monoisotopic (exact) mass is 372 g/mol. The van der Waals surface area contributed by atoms with E-state index < -0.39 is 0 Å². The number of hydrogen-bond acceptors (Lipinski definition) is 3. The van der Waals surface area contributed by atoms with E-state index in [1.54, 1.807) is 0 Å². The highest BCUT2D eigenvalue weighted by Gasteiger charge is 2.20. The van der Waals surface area contributed by atoms with Gasteiger partial charge in [0.1, 0.15) is 0 Å². The van der Waals surface area contributed by atoms with Crippen LogP contribution in [0.25, 0.3) is 11.6 Å². The van der Waals surface area contributed by atoms with Crippen molar-refractivity contribution in [3.63, 3.8) is 0 Å². The first-order valence-corrected chi connectivity index (χ1v) is 9.60. The van der Waals surface area contributed by atoms with Gasteiger partial charge in [-0.05, 0) is 60.6 Å². The number of anilines is 2. The minimum atomic E-state index is 0.0434. The molecule has 2 N–H and O–H groups in total. The Morgan fingerprint density at radius 1 is 1.25 bits per heavy atom. The molecule has 2 aromatic rings. The zero-order valence-electron chi connectivity index (χ0n) is 15.8. The van der Waals surface area contributed by atoms with Gasteiger partial charge in [0.25, 0.3) is 0 Å². The first-order chi connectivity index (χ1) is 13.6. The van der Waals surface area contributed by atoms with E-state index in [1.807, 2.05) is 24.3 Å². The Morgan fingerprint density at radius 3 is 2.79 bits per heavy atom. The van der Waals surface area contributed by atoms with Gasteiger partial charge in [-0.25, -0.2) is 0 Å². The lowest BCUT2D eigenvalue weighted by Crippen LogP contribution is -2.17. The number of nitrogens with one attached hydrogen (secondary N) is 2. The predicted molar refractivity (Wildman–Crippen MR) is 115 cm³/mol. The number of amides is 1. The lowest BCUT2D eigenvalue weighted by molar-refractivity contribution is -0.117. The van der Waals surface area contributed by atoms with Crippen LogP contribution in [0.15, 0.2) is 67.6 Å². The summed E-state index contributed by atoms with van der Waals surface area (Å²) in [6.45, 7) is 7.54. The Morgan fingerprint density at radius 2 is 2.07 bits per heavy atom. The summed E-state index contributed by atoms with van der Waals surface area (Å²) in [6.07, 6.45) is 7.63. The van der Waals surface area contributed by atoms with Gasteiger partial charge < -0.3 is 15.4 Å². The molecule has 1 unspecified atom stereocenters. The highest BCUT2D eigenvalue weighted by Crippen LogP contribution is 2.36. The third-order valence-electron chi connectivity index (χ3n) is 5.28. The van der Waals surface area contributed by atoms with Gasteiger partial charge in [0, 0.05) is 18.2 Å². The van der Waals surface area contributed by atoms with Crippen LogP contribution >= 0.6 is 0 Å². The van der Waals surface area contributed by atoms with Crippen molar-refractivity contribution < 1.29 is 9.53 Å². The molecular formula is C24H24N2O2. The first kappa shape index (κ1) is 18.1. The fraction of sp³-hybridized carbons (Fsp3) is 0.208. The molecule has 4 heteroatoms.